The van der Waals surface area contributed by atoms with Crippen LogP contribution < -0.4 is 0 Å². The number of benzene rings is 1. The maximum Gasteiger partial charge on any atom is 0.0758 e. The number of hydrogen-bond acceptors (Lipinski definition) is 3. The van der Waals surface area contributed by atoms with Crippen LogP contribution in [0.5, 0.6) is 0 Å². The molecule has 1 atom stereocenters. The van der Waals surface area contributed by atoms with Crippen LogP contribution in [0.1, 0.15) is 25.3 Å². The first kappa shape index (κ1) is 14.9. The van der Waals surface area contributed by atoms with Crippen molar-refractivity contribution in [3.05, 3.63) is 40.5 Å². The van der Waals surface area contributed by atoms with Crippen molar-refractivity contribution in [2.75, 3.05) is 13.1 Å². The topological polar surface area (TPSA) is 36.4 Å². The average Bonchev–Trinajstić information content (AvgIpc) is 2.51. The van der Waals surface area contributed by atoms with E-state index in [1.54, 1.807) is 0 Å². The molecule has 0 radical (unpaired) electrons. The predicted molar refractivity (Wildman–Crippen MR) is 89.1 cm³/mol. The van der Waals surface area contributed by atoms with Gasteiger partial charge in [0.25, 0.3) is 0 Å². The molecule has 1 unspecified atom stereocenters. The summed E-state index contributed by atoms with van der Waals surface area (Å²) in [5.41, 5.74) is 2.37. The highest BCUT2D eigenvalue weighted by molar-refractivity contribution is 9.10. The number of pyridine rings is 1. The highest BCUT2D eigenvalue weighted by Gasteiger charge is 2.23. The first-order chi connectivity index (χ1) is 10.1. The minimum Gasteiger partial charge on any atom is -0.393 e. The second-order valence-corrected chi connectivity index (χ2v) is 6.81. The summed E-state index contributed by atoms with van der Waals surface area (Å²) < 4.78 is 1.10. The Bertz CT molecular complexity index is 621. The molecule has 0 spiro atoms. The monoisotopic (exact) mass is 348 g/mol. The number of nitrogens with zero attached hydrogens (tertiary/aromatic N) is 2. The summed E-state index contributed by atoms with van der Waals surface area (Å²) >= 11 is 3.60. The molecule has 0 aliphatic carbocycles. The zero-order valence-corrected chi connectivity index (χ0v) is 13.9. The number of fused-ring (bicyclic) bond motifs is 1. The van der Waals surface area contributed by atoms with Gasteiger partial charge in [-0.15, -0.1) is 0 Å². The molecule has 21 heavy (non-hydrogen) atoms. The van der Waals surface area contributed by atoms with Crippen molar-refractivity contribution in [2.45, 2.75) is 32.4 Å². The summed E-state index contributed by atoms with van der Waals surface area (Å²) in [6.07, 6.45) is 3.85. The van der Waals surface area contributed by atoms with E-state index in [9.17, 15) is 5.11 Å². The average molecular weight is 349 g/mol. The van der Waals surface area contributed by atoms with Crippen molar-refractivity contribution >= 4 is 26.8 Å². The smallest absolute Gasteiger partial charge is 0.0758 e. The molecule has 1 N–H and O–H groups in total. The first-order valence-corrected chi connectivity index (χ1v) is 8.37. The largest absolute Gasteiger partial charge is 0.393 e. The lowest BCUT2D eigenvalue weighted by Crippen LogP contribution is -2.36. The molecular formula is C17H21BrN2O. The van der Waals surface area contributed by atoms with Gasteiger partial charge in [0, 0.05) is 22.6 Å². The zero-order valence-electron chi connectivity index (χ0n) is 12.3. The number of piperidine rings is 1. The van der Waals surface area contributed by atoms with Crippen LogP contribution >= 0.6 is 15.9 Å². The minimum absolute atomic E-state index is 0.178. The molecule has 4 heteroatoms. The Morgan fingerprint density at radius 2 is 2.10 bits per heavy atom. The van der Waals surface area contributed by atoms with Gasteiger partial charge >= 0.3 is 0 Å². The van der Waals surface area contributed by atoms with Crippen LogP contribution in [0.2, 0.25) is 0 Å². The Morgan fingerprint density at radius 1 is 1.33 bits per heavy atom. The van der Waals surface area contributed by atoms with Crippen molar-refractivity contribution in [3.63, 3.8) is 0 Å². The van der Waals surface area contributed by atoms with Gasteiger partial charge < -0.3 is 5.11 Å². The second-order valence-electron chi connectivity index (χ2n) is 5.96. The van der Waals surface area contributed by atoms with Crippen LogP contribution in [0.4, 0.5) is 0 Å². The number of rotatable bonds is 3. The standard InChI is InChI=1S/C17H21BrN2O/c1-12(21)13-6-9-20(10-7-13)11-14-4-5-16(18)15-3-2-8-19-17(14)15/h2-5,8,12-13,21H,6-7,9-11H2,1H3. The summed E-state index contributed by atoms with van der Waals surface area (Å²) in [5, 5.41) is 10.9. The molecule has 0 bridgehead atoms. The van der Waals surface area contributed by atoms with Crippen molar-refractivity contribution in [1.82, 2.24) is 9.88 Å². The van der Waals surface area contributed by atoms with Gasteiger partial charge in [-0.2, -0.15) is 0 Å². The lowest BCUT2D eigenvalue weighted by molar-refractivity contribution is 0.0696. The van der Waals surface area contributed by atoms with Crippen molar-refractivity contribution in [3.8, 4) is 0 Å². The third kappa shape index (κ3) is 3.28. The lowest BCUT2D eigenvalue weighted by atomic mass is 9.92. The van der Waals surface area contributed by atoms with Gasteiger partial charge in [-0.25, -0.2) is 0 Å². The minimum atomic E-state index is -0.178. The lowest BCUT2D eigenvalue weighted by Gasteiger charge is -2.33. The van der Waals surface area contributed by atoms with Crippen molar-refractivity contribution < 1.29 is 5.11 Å². The van der Waals surface area contributed by atoms with Crippen LogP contribution in [-0.4, -0.2) is 34.2 Å². The summed E-state index contributed by atoms with van der Waals surface area (Å²) in [7, 11) is 0. The fourth-order valence-electron chi connectivity index (χ4n) is 3.16. The van der Waals surface area contributed by atoms with E-state index in [4.69, 9.17) is 0 Å². The van der Waals surface area contributed by atoms with Gasteiger partial charge in [-0.05, 0) is 56.5 Å². The third-order valence-corrected chi connectivity index (χ3v) is 5.20. The fourth-order valence-corrected chi connectivity index (χ4v) is 3.61. The van der Waals surface area contributed by atoms with Crippen LogP contribution in [0.15, 0.2) is 34.9 Å². The van der Waals surface area contributed by atoms with E-state index in [2.05, 4.69) is 44.0 Å². The Morgan fingerprint density at radius 3 is 2.81 bits per heavy atom. The number of aliphatic hydroxyl groups excluding tert-OH is 1. The van der Waals surface area contributed by atoms with Crippen molar-refractivity contribution in [2.24, 2.45) is 5.92 Å². The Hall–Kier alpha value is -0.970. The number of aliphatic hydroxyl groups is 1. The van der Waals surface area contributed by atoms with E-state index < -0.39 is 0 Å². The second kappa shape index (κ2) is 6.42. The Balaban J connectivity index is 1.76. The molecule has 2 heterocycles. The number of halogens is 1. The molecule has 3 nitrogen and oxygen atoms in total. The molecule has 112 valence electrons. The predicted octanol–water partition coefficient (Wildman–Crippen LogP) is 3.59. The van der Waals surface area contributed by atoms with Gasteiger partial charge in [0.1, 0.15) is 0 Å². The van der Waals surface area contributed by atoms with Crippen LogP contribution in [0, 0.1) is 5.92 Å². The normalized spacial score (nSPS) is 19.0. The Kier molecular flexibility index (Phi) is 4.57. The summed E-state index contributed by atoms with van der Waals surface area (Å²) in [5.74, 6) is 0.459. The fraction of sp³-hybridized carbons (Fsp3) is 0.471. The molecule has 1 aromatic carbocycles. The van der Waals surface area contributed by atoms with Crippen LogP contribution in [0.3, 0.4) is 0 Å². The summed E-state index contributed by atoms with van der Waals surface area (Å²) in [6.45, 7) is 4.96. The Labute approximate surface area is 134 Å². The van der Waals surface area contributed by atoms with Gasteiger partial charge in [0.15, 0.2) is 0 Å². The van der Waals surface area contributed by atoms with Gasteiger partial charge in [0.2, 0.25) is 0 Å². The highest BCUT2D eigenvalue weighted by Crippen LogP contribution is 2.27. The molecule has 1 saturated heterocycles. The maximum atomic E-state index is 9.69. The molecule has 0 saturated carbocycles. The molecular weight excluding hydrogens is 328 g/mol. The van der Waals surface area contributed by atoms with Crippen molar-refractivity contribution in [1.29, 1.82) is 0 Å². The van der Waals surface area contributed by atoms with E-state index >= 15 is 0 Å². The van der Waals surface area contributed by atoms with E-state index in [1.807, 2.05) is 19.2 Å². The molecule has 1 fully saturated rings. The number of hydrogen-bond donors (Lipinski definition) is 1. The maximum absolute atomic E-state index is 9.69. The summed E-state index contributed by atoms with van der Waals surface area (Å²) in [4.78, 5) is 7.02. The van der Waals surface area contributed by atoms with Gasteiger partial charge in [-0.3, -0.25) is 9.88 Å². The quantitative estimate of drug-likeness (QED) is 0.920. The van der Waals surface area contributed by atoms with Gasteiger partial charge in [0.05, 0.1) is 11.6 Å². The zero-order chi connectivity index (χ0) is 14.8. The van der Waals surface area contributed by atoms with E-state index in [0.29, 0.717) is 5.92 Å². The van der Waals surface area contributed by atoms with E-state index in [-0.39, 0.29) is 6.10 Å². The van der Waals surface area contributed by atoms with E-state index in [0.717, 1.165) is 42.5 Å². The highest BCUT2D eigenvalue weighted by atomic mass is 79.9. The molecule has 1 aliphatic rings. The number of likely N-dealkylation sites (tertiary alicyclic amines) is 1. The molecule has 2 aromatic rings. The van der Waals surface area contributed by atoms with Gasteiger partial charge in [-0.1, -0.05) is 28.1 Å². The van der Waals surface area contributed by atoms with E-state index in [1.165, 1.54) is 10.9 Å². The van der Waals surface area contributed by atoms with Crippen LogP contribution in [-0.2, 0) is 6.54 Å². The first-order valence-electron chi connectivity index (χ1n) is 7.57. The van der Waals surface area contributed by atoms with Crippen LogP contribution in [0.25, 0.3) is 10.9 Å². The molecule has 0 amide bonds. The summed E-state index contributed by atoms with van der Waals surface area (Å²) in [6, 6.07) is 8.36. The molecule has 1 aliphatic heterocycles. The molecule has 3 rings (SSSR count). The third-order valence-electron chi connectivity index (χ3n) is 4.51. The number of aromatic nitrogens is 1. The molecule has 1 aromatic heterocycles. The SMILES string of the molecule is CC(O)C1CCN(Cc2ccc(Br)c3cccnc23)CC1.